The van der Waals surface area contributed by atoms with Crippen molar-refractivity contribution in [1.29, 1.82) is 0 Å². The molecule has 8 nitrogen and oxygen atoms in total. The predicted octanol–water partition coefficient (Wildman–Crippen LogP) is 3.81. The summed E-state index contributed by atoms with van der Waals surface area (Å²) in [6, 6.07) is -2.40. The van der Waals surface area contributed by atoms with Crippen LogP contribution in [0.1, 0.15) is 82.1 Å². The first-order valence-corrected chi connectivity index (χ1v) is 11.8. The molecule has 8 heteroatoms. The summed E-state index contributed by atoms with van der Waals surface area (Å²) in [7, 11) is 0. The smallest absolute Gasteiger partial charge is 0.411 e. The molecule has 0 bridgehead atoms. The molecule has 1 rings (SSSR count). The summed E-state index contributed by atoms with van der Waals surface area (Å²) in [5.74, 6) is -1.30. The Morgan fingerprint density at radius 1 is 1.12 bits per heavy atom. The zero-order valence-electron chi connectivity index (χ0n) is 22.0. The largest absolute Gasteiger partial charge is 0.458 e. The quantitative estimate of drug-likeness (QED) is 0.435. The summed E-state index contributed by atoms with van der Waals surface area (Å²) in [6.07, 6.45) is 3.13. The third kappa shape index (κ3) is 8.32. The van der Waals surface area contributed by atoms with Crippen LogP contribution in [0.5, 0.6) is 0 Å². The average molecular weight is 469 g/mol. The second-order valence-corrected chi connectivity index (χ2v) is 11.0. The van der Waals surface area contributed by atoms with E-state index in [1.54, 1.807) is 41.5 Å². The Labute approximate surface area is 199 Å². The minimum atomic E-state index is -0.932. The van der Waals surface area contributed by atoms with E-state index in [9.17, 15) is 19.5 Å². The molecular weight excluding hydrogens is 424 g/mol. The third-order valence-corrected chi connectivity index (χ3v) is 5.65. The number of ether oxygens (including phenoxy) is 2. The highest BCUT2D eigenvalue weighted by atomic mass is 16.6. The maximum atomic E-state index is 13.4. The van der Waals surface area contributed by atoms with E-state index >= 15 is 0 Å². The van der Waals surface area contributed by atoms with Gasteiger partial charge < -0.3 is 19.9 Å². The highest BCUT2D eigenvalue weighted by molar-refractivity contribution is 5.83. The molecule has 0 aromatic rings. The number of likely N-dealkylation sites (tertiary alicyclic amines) is 1. The fourth-order valence-corrected chi connectivity index (χ4v) is 4.15. The van der Waals surface area contributed by atoms with Gasteiger partial charge in [0.2, 0.25) is 5.91 Å². The van der Waals surface area contributed by atoms with Crippen LogP contribution in [-0.4, -0.2) is 63.4 Å². The van der Waals surface area contributed by atoms with Crippen LogP contribution in [0.4, 0.5) is 4.79 Å². The Balaban J connectivity index is 3.61. The van der Waals surface area contributed by atoms with Gasteiger partial charge in [-0.2, -0.15) is 0 Å². The van der Waals surface area contributed by atoms with Crippen molar-refractivity contribution in [2.45, 2.75) is 118 Å². The molecule has 0 aromatic carbocycles. The number of carbonyl (C=O) groups is 3. The molecule has 1 heterocycles. The van der Waals surface area contributed by atoms with Gasteiger partial charge in [-0.1, -0.05) is 32.4 Å². The molecule has 0 saturated carbocycles. The number of esters is 1. The summed E-state index contributed by atoms with van der Waals surface area (Å²) >= 11 is 0. The second-order valence-electron chi connectivity index (χ2n) is 11.0. The van der Waals surface area contributed by atoms with Gasteiger partial charge in [0.05, 0.1) is 18.2 Å². The third-order valence-electron chi connectivity index (χ3n) is 5.65. The van der Waals surface area contributed by atoms with E-state index in [2.05, 4.69) is 5.32 Å². The average Bonchev–Trinajstić information content (AvgIpc) is 3.01. The summed E-state index contributed by atoms with van der Waals surface area (Å²) < 4.78 is 11.3. The summed E-state index contributed by atoms with van der Waals surface area (Å²) in [5.41, 5.74) is -1.53. The summed E-state index contributed by atoms with van der Waals surface area (Å²) in [6.45, 7) is 17.6. The van der Waals surface area contributed by atoms with Crippen molar-refractivity contribution in [2.75, 3.05) is 0 Å². The Morgan fingerprint density at radius 2 is 1.67 bits per heavy atom. The van der Waals surface area contributed by atoms with E-state index in [4.69, 9.17) is 9.47 Å². The first-order chi connectivity index (χ1) is 15.0. The topological polar surface area (TPSA) is 105 Å². The molecule has 190 valence electrons. The van der Waals surface area contributed by atoms with Gasteiger partial charge in [0.15, 0.2) is 0 Å². The SMILES string of the molecule is C/C=C\[C@@H]1C[C@H](C(=O)OC(C)(C)C)N(C(=O)OC(C)(C)C)[C@H]1[C@@H](NC(C)=O)[C@H](O)[C@@H](C)CC. The Hall–Kier alpha value is -2.09. The highest BCUT2D eigenvalue weighted by Crippen LogP contribution is 2.37. The molecule has 0 aliphatic carbocycles. The predicted molar refractivity (Wildman–Crippen MR) is 127 cm³/mol. The number of aliphatic hydroxyl groups is 1. The van der Waals surface area contributed by atoms with E-state index in [0.717, 1.165) is 0 Å². The molecule has 0 aromatic heterocycles. The van der Waals surface area contributed by atoms with Crippen LogP contribution in [0.15, 0.2) is 12.2 Å². The van der Waals surface area contributed by atoms with Gasteiger partial charge in [-0.3, -0.25) is 9.69 Å². The van der Waals surface area contributed by atoms with E-state index in [1.807, 2.05) is 32.9 Å². The summed E-state index contributed by atoms with van der Waals surface area (Å²) in [5, 5.41) is 14.0. The zero-order chi connectivity index (χ0) is 25.7. The number of rotatable bonds is 7. The Kier molecular flexibility index (Phi) is 9.96. The van der Waals surface area contributed by atoms with Gasteiger partial charge in [-0.05, 0) is 60.8 Å². The number of aliphatic hydroxyl groups excluding tert-OH is 1. The second kappa shape index (κ2) is 11.4. The van der Waals surface area contributed by atoms with Crippen molar-refractivity contribution in [1.82, 2.24) is 10.2 Å². The van der Waals surface area contributed by atoms with Gasteiger partial charge in [0.1, 0.15) is 17.2 Å². The molecule has 1 aliphatic heterocycles. The highest BCUT2D eigenvalue weighted by Gasteiger charge is 2.53. The lowest BCUT2D eigenvalue weighted by atomic mass is 9.85. The number of nitrogens with one attached hydrogen (secondary N) is 1. The molecular formula is C25H44N2O6. The maximum absolute atomic E-state index is 13.4. The van der Waals surface area contributed by atoms with Crippen LogP contribution in [-0.2, 0) is 19.1 Å². The monoisotopic (exact) mass is 468 g/mol. The number of hydrogen-bond donors (Lipinski definition) is 2. The van der Waals surface area contributed by atoms with Crippen LogP contribution in [0.3, 0.4) is 0 Å². The van der Waals surface area contributed by atoms with Crippen LogP contribution in [0.2, 0.25) is 0 Å². The van der Waals surface area contributed by atoms with E-state index < -0.39 is 47.5 Å². The normalized spacial score (nSPS) is 24.3. The fourth-order valence-electron chi connectivity index (χ4n) is 4.15. The van der Waals surface area contributed by atoms with Crippen molar-refractivity contribution in [2.24, 2.45) is 11.8 Å². The first kappa shape index (κ1) is 28.9. The number of amides is 2. The van der Waals surface area contributed by atoms with Gasteiger partial charge in [0.25, 0.3) is 0 Å². The van der Waals surface area contributed by atoms with Crippen molar-refractivity contribution in [3.05, 3.63) is 12.2 Å². The van der Waals surface area contributed by atoms with Crippen molar-refractivity contribution >= 4 is 18.0 Å². The van der Waals surface area contributed by atoms with E-state index in [-0.39, 0.29) is 17.7 Å². The van der Waals surface area contributed by atoms with Crippen LogP contribution >= 0.6 is 0 Å². The number of carbonyl (C=O) groups excluding carboxylic acids is 3. The number of allylic oxidation sites excluding steroid dienone is 1. The van der Waals surface area contributed by atoms with Crippen LogP contribution < -0.4 is 5.32 Å². The molecule has 6 atom stereocenters. The summed E-state index contributed by atoms with van der Waals surface area (Å²) in [4.78, 5) is 40.1. The van der Waals surface area contributed by atoms with Crippen molar-refractivity contribution in [3.63, 3.8) is 0 Å². The minimum absolute atomic E-state index is 0.144. The molecule has 0 unspecified atom stereocenters. The zero-order valence-corrected chi connectivity index (χ0v) is 22.0. The van der Waals surface area contributed by atoms with Crippen molar-refractivity contribution < 1.29 is 29.0 Å². The van der Waals surface area contributed by atoms with Gasteiger partial charge in [-0.15, -0.1) is 0 Å². The maximum Gasteiger partial charge on any atom is 0.411 e. The Morgan fingerprint density at radius 3 is 2.09 bits per heavy atom. The first-order valence-electron chi connectivity index (χ1n) is 11.8. The van der Waals surface area contributed by atoms with Crippen LogP contribution in [0.25, 0.3) is 0 Å². The standard InChI is InChI=1S/C25H44N2O6/c1-11-13-17-14-18(22(30)32-24(5,6)7)27(23(31)33-25(8,9)10)20(17)19(26-16(4)28)21(29)15(3)12-2/h11,13,15,17-21,29H,12,14H2,1-10H3,(H,26,28)/b13-11-/t15-,17+,18+,19+,20+,21+/m0/s1. The molecule has 1 fully saturated rings. The fraction of sp³-hybridized carbons (Fsp3) is 0.800. The lowest BCUT2D eigenvalue weighted by Crippen LogP contribution is -2.61. The Bertz CT molecular complexity index is 721. The molecule has 2 N–H and O–H groups in total. The molecule has 1 aliphatic rings. The van der Waals surface area contributed by atoms with Gasteiger partial charge in [-0.25, -0.2) is 9.59 Å². The minimum Gasteiger partial charge on any atom is -0.458 e. The molecule has 2 amide bonds. The molecule has 0 radical (unpaired) electrons. The van der Waals surface area contributed by atoms with Gasteiger partial charge in [0, 0.05) is 12.8 Å². The van der Waals surface area contributed by atoms with Crippen LogP contribution in [0, 0.1) is 11.8 Å². The molecule has 1 saturated heterocycles. The lowest BCUT2D eigenvalue weighted by molar-refractivity contribution is -0.160. The lowest BCUT2D eigenvalue weighted by Gasteiger charge is -2.40. The number of nitrogens with zero attached hydrogens (tertiary/aromatic N) is 1. The van der Waals surface area contributed by atoms with Crippen molar-refractivity contribution in [3.8, 4) is 0 Å². The number of hydrogen-bond acceptors (Lipinski definition) is 6. The molecule has 33 heavy (non-hydrogen) atoms. The van der Waals surface area contributed by atoms with Gasteiger partial charge >= 0.3 is 12.1 Å². The van der Waals surface area contributed by atoms with E-state index in [1.165, 1.54) is 11.8 Å². The van der Waals surface area contributed by atoms with E-state index in [0.29, 0.717) is 12.8 Å². The molecule has 0 spiro atoms.